The van der Waals surface area contributed by atoms with Gasteiger partial charge in [-0.2, -0.15) is 4.98 Å². The van der Waals surface area contributed by atoms with Gasteiger partial charge in [-0.1, -0.05) is 0 Å². The molecular weight excluding hydrogens is 202 g/mol. The number of nitrogens with zero attached hydrogens (tertiary/aromatic N) is 3. The number of rotatable bonds is 3. The average molecular weight is 221 g/mol. The van der Waals surface area contributed by atoms with Crippen molar-refractivity contribution in [2.45, 2.75) is 19.4 Å². The highest BCUT2D eigenvalue weighted by molar-refractivity contribution is 5.42. The fourth-order valence-corrected chi connectivity index (χ4v) is 2.02. The molecular formula is C11H19N5. The van der Waals surface area contributed by atoms with Gasteiger partial charge in [0.2, 0.25) is 5.95 Å². The third-order valence-electron chi connectivity index (χ3n) is 2.82. The van der Waals surface area contributed by atoms with Crippen molar-refractivity contribution < 1.29 is 0 Å². The summed E-state index contributed by atoms with van der Waals surface area (Å²) in [6.07, 6.45) is 1.18. The topological polar surface area (TPSA) is 53.1 Å². The molecule has 0 bridgehead atoms. The molecule has 1 aromatic heterocycles. The summed E-state index contributed by atoms with van der Waals surface area (Å²) in [6, 6.07) is 2.49. The Morgan fingerprint density at radius 1 is 1.44 bits per heavy atom. The number of hydrogen-bond acceptors (Lipinski definition) is 5. The molecule has 1 unspecified atom stereocenters. The molecule has 5 heteroatoms. The van der Waals surface area contributed by atoms with Gasteiger partial charge in [0, 0.05) is 31.4 Å². The van der Waals surface area contributed by atoms with Gasteiger partial charge in [-0.3, -0.25) is 0 Å². The minimum absolute atomic E-state index is 0.504. The summed E-state index contributed by atoms with van der Waals surface area (Å²) < 4.78 is 0. The normalized spacial score (nSPS) is 21.1. The molecule has 1 saturated heterocycles. The van der Waals surface area contributed by atoms with Crippen LogP contribution in [0, 0.1) is 6.92 Å². The van der Waals surface area contributed by atoms with Gasteiger partial charge in [0.25, 0.3) is 0 Å². The van der Waals surface area contributed by atoms with Crippen LogP contribution in [0.1, 0.15) is 12.1 Å². The smallest absolute Gasteiger partial charge is 0.224 e. The number of aryl methyl sites for hydroxylation is 1. The maximum atomic E-state index is 4.39. The Morgan fingerprint density at radius 2 is 2.25 bits per heavy atom. The highest BCUT2D eigenvalue weighted by Crippen LogP contribution is 2.15. The Morgan fingerprint density at radius 3 is 2.88 bits per heavy atom. The first kappa shape index (κ1) is 11.1. The highest BCUT2D eigenvalue weighted by Gasteiger charge is 2.19. The first-order valence-corrected chi connectivity index (χ1v) is 5.66. The van der Waals surface area contributed by atoms with Crippen molar-refractivity contribution in [2.24, 2.45) is 0 Å². The molecule has 1 aliphatic heterocycles. The molecule has 0 amide bonds. The van der Waals surface area contributed by atoms with Crippen molar-refractivity contribution in [1.29, 1.82) is 0 Å². The van der Waals surface area contributed by atoms with Crippen LogP contribution in [0.2, 0.25) is 0 Å². The summed E-state index contributed by atoms with van der Waals surface area (Å²) in [4.78, 5) is 11.0. The molecule has 2 heterocycles. The lowest BCUT2D eigenvalue weighted by atomic mass is 10.2. The fraction of sp³-hybridized carbons (Fsp3) is 0.636. The van der Waals surface area contributed by atoms with E-state index in [-0.39, 0.29) is 0 Å². The predicted octanol–water partition coefficient (Wildman–Crippen LogP) is 0.943. The molecule has 5 nitrogen and oxygen atoms in total. The van der Waals surface area contributed by atoms with Gasteiger partial charge in [0.05, 0.1) is 0 Å². The van der Waals surface area contributed by atoms with Gasteiger partial charge in [-0.15, -0.1) is 0 Å². The lowest BCUT2D eigenvalue weighted by Gasteiger charge is -2.14. The van der Waals surface area contributed by atoms with Crippen molar-refractivity contribution >= 4 is 11.8 Å². The first-order valence-electron chi connectivity index (χ1n) is 5.66. The van der Waals surface area contributed by atoms with Crippen LogP contribution in [-0.2, 0) is 0 Å². The second-order valence-electron chi connectivity index (χ2n) is 4.36. The maximum absolute atomic E-state index is 4.39. The maximum Gasteiger partial charge on any atom is 0.224 e. The summed E-state index contributed by atoms with van der Waals surface area (Å²) in [5.41, 5.74) is 0.980. The molecule has 1 aromatic rings. The molecule has 2 N–H and O–H groups in total. The van der Waals surface area contributed by atoms with E-state index in [4.69, 9.17) is 0 Å². The predicted molar refractivity (Wildman–Crippen MR) is 65.8 cm³/mol. The molecule has 88 valence electrons. The minimum atomic E-state index is 0.504. The van der Waals surface area contributed by atoms with Gasteiger partial charge in [0.15, 0.2) is 0 Å². The van der Waals surface area contributed by atoms with E-state index in [2.05, 4.69) is 32.5 Å². The molecule has 0 radical (unpaired) electrons. The van der Waals surface area contributed by atoms with E-state index in [1.54, 1.807) is 0 Å². The Kier molecular flexibility index (Phi) is 3.24. The van der Waals surface area contributed by atoms with E-state index < -0.39 is 0 Å². The van der Waals surface area contributed by atoms with Crippen molar-refractivity contribution in [2.75, 3.05) is 37.8 Å². The van der Waals surface area contributed by atoms with E-state index in [0.717, 1.165) is 24.6 Å². The summed E-state index contributed by atoms with van der Waals surface area (Å²) >= 11 is 0. The van der Waals surface area contributed by atoms with Crippen LogP contribution in [0.15, 0.2) is 6.07 Å². The monoisotopic (exact) mass is 221 g/mol. The number of likely N-dealkylation sites (N-methyl/N-ethyl adjacent to an activating group) is 1. The van der Waals surface area contributed by atoms with E-state index in [1.165, 1.54) is 6.42 Å². The average Bonchev–Trinajstić information content (AvgIpc) is 2.63. The second kappa shape index (κ2) is 4.65. The lowest BCUT2D eigenvalue weighted by Crippen LogP contribution is -2.24. The Labute approximate surface area is 96.3 Å². The van der Waals surface area contributed by atoms with Gasteiger partial charge in [0.1, 0.15) is 5.82 Å². The Balaban J connectivity index is 2.06. The molecule has 1 atom stereocenters. The third kappa shape index (κ3) is 2.61. The molecule has 0 aliphatic carbocycles. The van der Waals surface area contributed by atoms with E-state index in [1.807, 2.05) is 20.0 Å². The van der Waals surface area contributed by atoms with Crippen LogP contribution >= 0.6 is 0 Å². The molecule has 16 heavy (non-hydrogen) atoms. The number of anilines is 2. The van der Waals surface area contributed by atoms with Crippen molar-refractivity contribution in [1.82, 2.24) is 14.9 Å². The number of nitrogens with one attached hydrogen (secondary N) is 2. The zero-order chi connectivity index (χ0) is 11.5. The van der Waals surface area contributed by atoms with Crippen LogP contribution in [0.4, 0.5) is 11.8 Å². The lowest BCUT2D eigenvalue weighted by molar-refractivity contribution is 0.414. The zero-order valence-corrected chi connectivity index (χ0v) is 10.1. The number of aromatic nitrogens is 2. The van der Waals surface area contributed by atoms with Crippen LogP contribution in [0.5, 0.6) is 0 Å². The zero-order valence-electron chi connectivity index (χ0n) is 10.1. The Hall–Kier alpha value is -1.36. The fourth-order valence-electron chi connectivity index (χ4n) is 2.02. The summed E-state index contributed by atoms with van der Waals surface area (Å²) in [6.45, 7) is 4.22. The van der Waals surface area contributed by atoms with Crippen LogP contribution in [0.25, 0.3) is 0 Å². The summed E-state index contributed by atoms with van der Waals surface area (Å²) in [5, 5.41) is 6.42. The molecule has 0 spiro atoms. The van der Waals surface area contributed by atoms with Crippen LogP contribution < -0.4 is 10.6 Å². The van der Waals surface area contributed by atoms with E-state index in [0.29, 0.717) is 12.0 Å². The standard InChI is InChI=1S/C11H19N5/c1-8-6-10(15-11(12-2)13-8)14-9-4-5-16(3)7-9/h6,9H,4-5,7H2,1-3H3,(H2,12,13,14,15). The largest absolute Gasteiger partial charge is 0.366 e. The third-order valence-corrected chi connectivity index (χ3v) is 2.82. The van der Waals surface area contributed by atoms with Gasteiger partial charge in [-0.05, 0) is 26.9 Å². The van der Waals surface area contributed by atoms with Gasteiger partial charge < -0.3 is 15.5 Å². The number of likely N-dealkylation sites (tertiary alicyclic amines) is 1. The second-order valence-corrected chi connectivity index (χ2v) is 4.36. The first-order chi connectivity index (χ1) is 7.67. The minimum Gasteiger partial charge on any atom is -0.366 e. The highest BCUT2D eigenvalue weighted by atomic mass is 15.2. The van der Waals surface area contributed by atoms with E-state index >= 15 is 0 Å². The molecule has 1 aliphatic rings. The summed E-state index contributed by atoms with van der Waals surface area (Å²) in [7, 11) is 3.98. The summed E-state index contributed by atoms with van der Waals surface area (Å²) in [5.74, 6) is 1.59. The van der Waals surface area contributed by atoms with Crippen molar-refractivity contribution in [3.8, 4) is 0 Å². The van der Waals surface area contributed by atoms with E-state index in [9.17, 15) is 0 Å². The van der Waals surface area contributed by atoms with Crippen molar-refractivity contribution in [3.05, 3.63) is 11.8 Å². The molecule has 1 fully saturated rings. The molecule has 0 aromatic carbocycles. The quantitative estimate of drug-likeness (QED) is 0.795. The molecule has 0 saturated carbocycles. The molecule has 2 rings (SSSR count). The van der Waals surface area contributed by atoms with Crippen LogP contribution in [-0.4, -0.2) is 48.1 Å². The Bertz CT molecular complexity index is 365. The van der Waals surface area contributed by atoms with Crippen LogP contribution in [0.3, 0.4) is 0 Å². The SMILES string of the molecule is CNc1nc(C)cc(NC2CCN(C)C2)n1. The van der Waals surface area contributed by atoms with Gasteiger partial charge in [-0.25, -0.2) is 4.98 Å². The number of hydrogen-bond donors (Lipinski definition) is 2. The van der Waals surface area contributed by atoms with Gasteiger partial charge >= 0.3 is 0 Å². The van der Waals surface area contributed by atoms with Crippen molar-refractivity contribution in [3.63, 3.8) is 0 Å².